The molecule has 88 valence electrons. The Balaban J connectivity index is 2.92. The third-order valence-electron chi connectivity index (χ3n) is 1.79. The van der Waals surface area contributed by atoms with Crippen LogP contribution in [0, 0.1) is 0 Å². The molecule has 6 heteroatoms. The molecule has 0 fully saturated rings. The lowest BCUT2D eigenvalue weighted by Crippen LogP contribution is -2.07. The van der Waals surface area contributed by atoms with Crippen molar-refractivity contribution in [2.24, 2.45) is 0 Å². The van der Waals surface area contributed by atoms with Crippen LogP contribution in [0.5, 0.6) is 11.6 Å². The SMILES string of the molecule is COC(=O)c1cnc(OCCO)c(OC)c1. The summed E-state index contributed by atoms with van der Waals surface area (Å²) >= 11 is 0. The van der Waals surface area contributed by atoms with E-state index in [2.05, 4.69) is 9.72 Å². The fourth-order valence-corrected chi connectivity index (χ4v) is 1.06. The molecular weight excluding hydrogens is 214 g/mol. The molecule has 1 aromatic heterocycles. The van der Waals surface area contributed by atoms with Crippen molar-refractivity contribution in [1.29, 1.82) is 0 Å². The molecule has 1 heterocycles. The minimum absolute atomic E-state index is 0.112. The summed E-state index contributed by atoms with van der Waals surface area (Å²) < 4.78 is 14.6. The Bertz CT molecular complexity index is 366. The van der Waals surface area contributed by atoms with E-state index >= 15 is 0 Å². The van der Waals surface area contributed by atoms with Crippen LogP contribution in [-0.4, -0.2) is 43.5 Å². The van der Waals surface area contributed by atoms with Crippen molar-refractivity contribution in [1.82, 2.24) is 4.98 Å². The number of ether oxygens (including phenoxy) is 3. The summed E-state index contributed by atoms with van der Waals surface area (Å²) in [6.45, 7) is -0.00941. The summed E-state index contributed by atoms with van der Waals surface area (Å²) in [6, 6.07) is 1.46. The average Bonchev–Trinajstić information content (AvgIpc) is 2.35. The molecule has 0 unspecified atom stereocenters. The second kappa shape index (κ2) is 5.92. The molecule has 0 aromatic carbocycles. The predicted octanol–water partition coefficient (Wildman–Crippen LogP) is 0.248. The number of aliphatic hydroxyl groups excluding tert-OH is 1. The van der Waals surface area contributed by atoms with Crippen LogP contribution in [0.15, 0.2) is 12.3 Å². The highest BCUT2D eigenvalue weighted by molar-refractivity contribution is 5.89. The van der Waals surface area contributed by atoms with E-state index in [1.54, 1.807) is 0 Å². The van der Waals surface area contributed by atoms with Crippen molar-refractivity contribution in [2.75, 3.05) is 27.4 Å². The van der Waals surface area contributed by atoms with Gasteiger partial charge in [0.1, 0.15) is 6.61 Å². The van der Waals surface area contributed by atoms with Gasteiger partial charge in [0, 0.05) is 12.3 Å². The Labute approximate surface area is 92.8 Å². The van der Waals surface area contributed by atoms with Gasteiger partial charge in [0.15, 0.2) is 5.75 Å². The number of rotatable bonds is 5. The molecular formula is C10H13NO5. The first-order valence-corrected chi connectivity index (χ1v) is 4.59. The third-order valence-corrected chi connectivity index (χ3v) is 1.79. The van der Waals surface area contributed by atoms with Gasteiger partial charge in [0.25, 0.3) is 5.88 Å². The van der Waals surface area contributed by atoms with Gasteiger partial charge in [0.2, 0.25) is 0 Å². The lowest BCUT2D eigenvalue weighted by atomic mass is 10.3. The van der Waals surface area contributed by atoms with Crippen molar-refractivity contribution in [2.45, 2.75) is 0 Å². The molecule has 1 aromatic rings. The number of methoxy groups -OCH3 is 2. The normalized spacial score (nSPS) is 9.69. The van der Waals surface area contributed by atoms with Crippen LogP contribution >= 0.6 is 0 Å². The molecule has 1 N–H and O–H groups in total. The van der Waals surface area contributed by atoms with Crippen LogP contribution in [0.2, 0.25) is 0 Å². The van der Waals surface area contributed by atoms with Crippen molar-refractivity contribution in [3.8, 4) is 11.6 Å². The second-order valence-corrected chi connectivity index (χ2v) is 2.80. The van der Waals surface area contributed by atoms with Gasteiger partial charge in [-0.3, -0.25) is 0 Å². The topological polar surface area (TPSA) is 77.9 Å². The first kappa shape index (κ1) is 12.3. The van der Waals surface area contributed by atoms with Gasteiger partial charge in [-0.2, -0.15) is 0 Å². The Morgan fingerprint density at radius 2 is 2.25 bits per heavy atom. The maximum atomic E-state index is 11.2. The van der Waals surface area contributed by atoms with Crippen molar-refractivity contribution in [3.05, 3.63) is 17.8 Å². The molecule has 0 saturated carbocycles. The Kier molecular flexibility index (Phi) is 4.53. The zero-order valence-corrected chi connectivity index (χ0v) is 9.10. The number of nitrogens with zero attached hydrogens (tertiary/aromatic N) is 1. The number of hydrogen-bond acceptors (Lipinski definition) is 6. The van der Waals surface area contributed by atoms with E-state index in [0.29, 0.717) is 5.75 Å². The molecule has 0 spiro atoms. The highest BCUT2D eigenvalue weighted by Gasteiger charge is 2.12. The zero-order chi connectivity index (χ0) is 12.0. The summed E-state index contributed by atoms with van der Waals surface area (Å²) in [7, 11) is 2.72. The molecule has 0 saturated heterocycles. The molecule has 0 atom stereocenters. The number of carbonyl (C=O) groups is 1. The quantitative estimate of drug-likeness (QED) is 0.726. The Hall–Kier alpha value is -1.82. The van der Waals surface area contributed by atoms with Crippen LogP contribution in [0.4, 0.5) is 0 Å². The molecule has 1 rings (SSSR count). The van der Waals surface area contributed by atoms with E-state index in [1.165, 1.54) is 26.5 Å². The van der Waals surface area contributed by atoms with E-state index in [4.69, 9.17) is 14.6 Å². The van der Waals surface area contributed by atoms with Gasteiger partial charge in [-0.15, -0.1) is 0 Å². The first-order chi connectivity index (χ1) is 7.72. The van der Waals surface area contributed by atoms with Gasteiger partial charge in [-0.05, 0) is 0 Å². The fourth-order valence-electron chi connectivity index (χ4n) is 1.06. The molecule has 0 bridgehead atoms. The van der Waals surface area contributed by atoms with Crippen LogP contribution in [0.3, 0.4) is 0 Å². The van der Waals surface area contributed by atoms with Gasteiger partial charge in [0.05, 0.1) is 26.4 Å². The number of aliphatic hydroxyl groups is 1. The van der Waals surface area contributed by atoms with E-state index in [9.17, 15) is 4.79 Å². The van der Waals surface area contributed by atoms with Crippen LogP contribution in [-0.2, 0) is 4.74 Å². The molecule has 6 nitrogen and oxygen atoms in total. The molecule has 0 amide bonds. The summed E-state index contributed by atoms with van der Waals surface area (Å²) in [5.41, 5.74) is 0.274. The fraction of sp³-hybridized carbons (Fsp3) is 0.400. The van der Waals surface area contributed by atoms with E-state index in [0.717, 1.165) is 0 Å². The van der Waals surface area contributed by atoms with Crippen molar-refractivity contribution in [3.63, 3.8) is 0 Å². The highest BCUT2D eigenvalue weighted by Crippen LogP contribution is 2.25. The smallest absolute Gasteiger partial charge is 0.339 e. The van der Waals surface area contributed by atoms with Crippen LogP contribution < -0.4 is 9.47 Å². The molecule has 0 aliphatic carbocycles. The molecule has 0 radical (unpaired) electrons. The number of esters is 1. The lowest BCUT2D eigenvalue weighted by molar-refractivity contribution is 0.0599. The Morgan fingerprint density at radius 1 is 1.50 bits per heavy atom. The van der Waals surface area contributed by atoms with Crippen molar-refractivity contribution < 1.29 is 24.1 Å². The number of carbonyl (C=O) groups excluding carboxylic acids is 1. The summed E-state index contributed by atoms with van der Waals surface area (Å²) in [6.07, 6.45) is 1.32. The maximum absolute atomic E-state index is 11.2. The van der Waals surface area contributed by atoms with Crippen molar-refractivity contribution >= 4 is 5.97 Å². The lowest BCUT2D eigenvalue weighted by Gasteiger charge is -2.09. The average molecular weight is 227 g/mol. The third kappa shape index (κ3) is 2.83. The van der Waals surface area contributed by atoms with Crippen LogP contribution in [0.1, 0.15) is 10.4 Å². The van der Waals surface area contributed by atoms with Gasteiger partial charge < -0.3 is 19.3 Å². The number of hydrogen-bond donors (Lipinski definition) is 1. The van der Waals surface area contributed by atoms with Gasteiger partial charge in [-0.25, -0.2) is 9.78 Å². The first-order valence-electron chi connectivity index (χ1n) is 4.59. The zero-order valence-electron chi connectivity index (χ0n) is 9.10. The molecule has 0 aliphatic heterocycles. The summed E-state index contributed by atoms with van der Waals surface area (Å²) in [5, 5.41) is 8.60. The largest absolute Gasteiger partial charge is 0.491 e. The maximum Gasteiger partial charge on any atom is 0.339 e. The van der Waals surface area contributed by atoms with Gasteiger partial charge >= 0.3 is 5.97 Å². The Morgan fingerprint density at radius 3 is 2.81 bits per heavy atom. The number of pyridine rings is 1. The summed E-state index contributed by atoms with van der Waals surface area (Å²) in [4.78, 5) is 15.1. The van der Waals surface area contributed by atoms with E-state index in [1.807, 2.05) is 0 Å². The van der Waals surface area contributed by atoms with Crippen LogP contribution in [0.25, 0.3) is 0 Å². The minimum Gasteiger partial charge on any atom is -0.491 e. The minimum atomic E-state index is -0.500. The number of aromatic nitrogens is 1. The predicted molar refractivity (Wildman–Crippen MR) is 54.7 cm³/mol. The van der Waals surface area contributed by atoms with Gasteiger partial charge in [-0.1, -0.05) is 0 Å². The van der Waals surface area contributed by atoms with E-state index in [-0.39, 0.29) is 24.7 Å². The summed E-state index contributed by atoms with van der Waals surface area (Å²) in [5.74, 6) is 0.0417. The molecule has 16 heavy (non-hydrogen) atoms. The van der Waals surface area contributed by atoms with E-state index < -0.39 is 5.97 Å². The standard InChI is InChI=1S/C10H13NO5/c1-14-8-5-7(10(13)15-2)6-11-9(8)16-4-3-12/h5-6,12H,3-4H2,1-2H3. The highest BCUT2D eigenvalue weighted by atomic mass is 16.5. The monoisotopic (exact) mass is 227 g/mol. The second-order valence-electron chi connectivity index (χ2n) is 2.80. The molecule has 0 aliphatic rings.